The molecular weight excluding hydrogens is 172 g/mol. The summed E-state index contributed by atoms with van der Waals surface area (Å²) in [4.78, 5) is 0. The van der Waals surface area contributed by atoms with Gasteiger partial charge in [-0.05, 0) is 48.3 Å². The van der Waals surface area contributed by atoms with Crippen LogP contribution in [0.25, 0.3) is 0 Å². The van der Waals surface area contributed by atoms with E-state index in [1.54, 1.807) is 0 Å². The minimum absolute atomic E-state index is 0.0156. The molecule has 1 heteroatoms. The normalized spacial score (nSPS) is 54.6. The molecule has 14 heavy (non-hydrogen) atoms. The summed E-state index contributed by atoms with van der Waals surface area (Å²) < 4.78 is 0. The summed E-state index contributed by atoms with van der Waals surface area (Å²) in [6.07, 6.45) is 6.95. The Kier molecular flexibility index (Phi) is 1.81. The largest absolute Gasteiger partial charge is 0.392 e. The van der Waals surface area contributed by atoms with Crippen molar-refractivity contribution in [2.24, 2.45) is 29.1 Å². The zero-order valence-electron chi connectivity index (χ0n) is 9.37. The highest BCUT2D eigenvalue weighted by molar-refractivity contribution is 5.06. The topological polar surface area (TPSA) is 20.2 Å². The van der Waals surface area contributed by atoms with Gasteiger partial charge in [0.2, 0.25) is 0 Å². The lowest BCUT2D eigenvalue weighted by molar-refractivity contribution is 0.0419. The molecule has 0 radical (unpaired) electrons. The monoisotopic (exact) mass is 194 g/mol. The molecule has 2 unspecified atom stereocenters. The summed E-state index contributed by atoms with van der Waals surface area (Å²) in [5.74, 6) is 3.49. The first kappa shape index (κ1) is 9.21. The predicted molar refractivity (Wildman–Crippen MR) is 56.8 cm³/mol. The van der Waals surface area contributed by atoms with E-state index in [2.05, 4.69) is 13.8 Å². The Hall–Kier alpha value is -0.0400. The highest BCUT2D eigenvalue weighted by Gasteiger charge is 2.56. The predicted octanol–water partition coefficient (Wildman–Crippen LogP) is 2.83. The molecule has 3 rings (SSSR count). The molecule has 0 heterocycles. The van der Waals surface area contributed by atoms with Crippen LogP contribution < -0.4 is 0 Å². The zero-order chi connectivity index (χ0) is 9.92. The van der Waals surface area contributed by atoms with Gasteiger partial charge in [-0.1, -0.05) is 26.7 Å². The SMILES string of the molecule is CC1(C)C[C@H]2C3CCCC3C[C@H]2[C@@H]1O. The second-order valence-electron chi connectivity index (χ2n) is 6.56. The molecular formula is C13H22O. The van der Waals surface area contributed by atoms with E-state index in [4.69, 9.17) is 0 Å². The van der Waals surface area contributed by atoms with Crippen molar-refractivity contribution in [3.8, 4) is 0 Å². The maximum Gasteiger partial charge on any atom is 0.0622 e. The first-order valence-electron chi connectivity index (χ1n) is 6.28. The van der Waals surface area contributed by atoms with E-state index in [-0.39, 0.29) is 11.5 Å². The van der Waals surface area contributed by atoms with Crippen LogP contribution in [0.4, 0.5) is 0 Å². The zero-order valence-corrected chi connectivity index (χ0v) is 9.37. The van der Waals surface area contributed by atoms with E-state index in [1.165, 1.54) is 32.1 Å². The summed E-state index contributed by atoms with van der Waals surface area (Å²) >= 11 is 0. The van der Waals surface area contributed by atoms with Crippen LogP contribution in [-0.4, -0.2) is 11.2 Å². The molecule has 3 saturated carbocycles. The Morgan fingerprint density at radius 1 is 1.07 bits per heavy atom. The lowest BCUT2D eigenvalue weighted by Crippen LogP contribution is -2.28. The fourth-order valence-electron chi connectivity index (χ4n) is 4.74. The minimum Gasteiger partial charge on any atom is -0.392 e. The molecule has 0 aromatic rings. The summed E-state index contributed by atoms with van der Waals surface area (Å²) in [6.45, 7) is 4.50. The van der Waals surface area contributed by atoms with Crippen molar-refractivity contribution in [3.63, 3.8) is 0 Å². The van der Waals surface area contributed by atoms with Gasteiger partial charge in [0, 0.05) is 0 Å². The molecule has 3 aliphatic carbocycles. The third-order valence-electron chi connectivity index (χ3n) is 5.36. The minimum atomic E-state index is -0.0156. The molecule has 1 N–H and O–H groups in total. The van der Waals surface area contributed by atoms with Gasteiger partial charge >= 0.3 is 0 Å². The maximum atomic E-state index is 10.3. The number of aliphatic hydroxyl groups is 1. The Bertz CT molecular complexity index is 246. The van der Waals surface area contributed by atoms with Gasteiger partial charge in [0.15, 0.2) is 0 Å². The standard InChI is InChI=1S/C13H22O/c1-13(2)7-11-9-5-3-4-8(9)6-10(11)12(13)14/h8-12,14H,3-7H2,1-2H3/t8?,9?,10-,11+,12+/m1/s1. The van der Waals surface area contributed by atoms with Gasteiger partial charge in [0.05, 0.1) is 6.10 Å². The van der Waals surface area contributed by atoms with Crippen LogP contribution in [0, 0.1) is 29.1 Å². The Morgan fingerprint density at radius 3 is 2.64 bits per heavy atom. The first-order chi connectivity index (χ1) is 6.59. The second-order valence-corrected chi connectivity index (χ2v) is 6.56. The average Bonchev–Trinajstić information content (AvgIpc) is 2.70. The van der Waals surface area contributed by atoms with Gasteiger partial charge in [0.25, 0.3) is 0 Å². The van der Waals surface area contributed by atoms with Crippen LogP contribution in [0.15, 0.2) is 0 Å². The molecule has 0 aliphatic heterocycles. The van der Waals surface area contributed by atoms with Crippen molar-refractivity contribution in [1.29, 1.82) is 0 Å². The van der Waals surface area contributed by atoms with Gasteiger partial charge in [-0.3, -0.25) is 0 Å². The molecule has 80 valence electrons. The lowest BCUT2D eigenvalue weighted by Gasteiger charge is -2.26. The van der Waals surface area contributed by atoms with Crippen molar-refractivity contribution in [1.82, 2.24) is 0 Å². The van der Waals surface area contributed by atoms with Crippen LogP contribution >= 0.6 is 0 Å². The number of fused-ring (bicyclic) bond motifs is 3. The molecule has 5 atom stereocenters. The summed E-state index contributed by atoms with van der Waals surface area (Å²) in [7, 11) is 0. The average molecular weight is 194 g/mol. The molecule has 0 bridgehead atoms. The summed E-state index contributed by atoms with van der Waals surface area (Å²) in [5.41, 5.74) is 0.197. The van der Waals surface area contributed by atoms with E-state index >= 15 is 0 Å². The van der Waals surface area contributed by atoms with E-state index in [0.717, 1.165) is 17.8 Å². The molecule has 3 aliphatic rings. The van der Waals surface area contributed by atoms with Crippen LogP contribution in [0.2, 0.25) is 0 Å². The third kappa shape index (κ3) is 1.05. The van der Waals surface area contributed by atoms with E-state index in [0.29, 0.717) is 5.92 Å². The van der Waals surface area contributed by atoms with Gasteiger partial charge < -0.3 is 5.11 Å². The number of hydrogen-bond donors (Lipinski definition) is 1. The molecule has 0 amide bonds. The van der Waals surface area contributed by atoms with Crippen molar-refractivity contribution in [2.75, 3.05) is 0 Å². The highest BCUT2D eigenvalue weighted by atomic mass is 16.3. The quantitative estimate of drug-likeness (QED) is 0.628. The molecule has 3 fully saturated rings. The van der Waals surface area contributed by atoms with Crippen LogP contribution in [0.1, 0.15) is 46.0 Å². The van der Waals surface area contributed by atoms with Crippen molar-refractivity contribution >= 4 is 0 Å². The fraction of sp³-hybridized carbons (Fsp3) is 1.00. The number of hydrogen-bond acceptors (Lipinski definition) is 1. The van der Waals surface area contributed by atoms with Gasteiger partial charge in [-0.25, -0.2) is 0 Å². The lowest BCUT2D eigenvalue weighted by atomic mass is 9.82. The molecule has 0 aromatic heterocycles. The van der Waals surface area contributed by atoms with Crippen molar-refractivity contribution < 1.29 is 5.11 Å². The van der Waals surface area contributed by atoms with E-state index < -0.39 is 0 Å². The van der Waals surface area contributed by atoms with Crippen molar-refractivity contribution in [2.45, 2.75) is 52.1 Å². The van der Waals surface area contributed by atoms with Crippen LogP contribution in [-0.2, 0) is 0 Å². The Labute approximate surface area is 86.9 Å². The molecule has 0 saturated heterocycles. The number of aliphatic hydroxyl groups excluding tert-OH is 1. The smallest absolute Gasteiger partial charge is 0.0622 e. The summed E-state index contributed by atoms with van der Waals surface area (Å²) in [5, 5.41) is 10.3. The molecule has 0 aromatic carbocycles. The Morgan fingerprint density at radius 2 is 1.86 bits per heavy atom. The van der Waals surface area contributed by atoms with Gasteiger partial charge in [-0.15, -0.1) is 0 Å². The molecule has 1 nitrogen and oxygen atoms in total. The van der Waals surface area contributed by atoms with Crippen LogP contribution in [0.5, 0.6) is 0 Å². The Balaban J connectivity index is 1.85. The second kappa shape index (κ2) is 2.75. The first-order valence-corrected chi connectivity index (χ1v) is 6.28. The van der Waals surface area contributed by atoms with Crippen molar-refractivity contribution in [3.05, 3.63) is 0 Å². The van der Waals surface area contributed by atoms with Gasteiger partial charge in [0.1, 0.15) is 0 Å². The fourth-order valence-corrected chi connectivity index (χ4v) is 4.74. The third-order valence-corrected chi connectivity index (χ3v) is 5.36. The van der Waals surface area contributed by atoms with Crippen LogP contribution in [0.3, 0.4) is 0 Å². The van der Waals surface area contributed by atoms with Gasteiger partial charge in [-0.2, -0.15) is 0 Å². The summed E-state index contributed by atoms with van der Waals surface area (Å²) in [6, 6.07) is 0. The van der Waals surface area contributed by atoms with E-state index in [1.807, 2.05) is 0 Å². The maximum absolute atomic E-state index is 10.3. The van der Waals surface area contributed by atoms with E-state index in [9.17, 15) is 5.11 Å². The highest BCUT2D eigenvalue weighted by Crippen LogP contribution is 2.61. The molecule has 0 spiro atoms. The number of rotatable bonds is 0.